The number of benzene rings is 2. The Morgan fingerprint density at radius 2 is 1.67 bits per heavy atom. The first-order chi connectivity index (χ1) is 13.2. The first kappa shape index (κ1) is 17.7. The van der Waals surface area contributed by atoms with E-state index in [1.54, 1.807) is 35.6 Å². The van der Waals surface area contributed by atoms with Gasteiger partial charge in [0.2, 0.25) is 5.91 Å². The molecule has 0 bridgehead atoms. The van der Waals surface area contributed by atoms with Gasteiger partial charge >= 0.3 is 0 Å². The summed E-state index contributed by atoms with van der Waals surface area (Å²) in [6.45, 7) is 0. The van der Waals surface area contributed by atoms with Crippen LogP contribution in [0.2, 0.25) is 0 Å². The van der Waals surface area contributed by atoms with Crippen LogP contribution in [0.5, 0.6) is 0 Å². The van der Waals surface area contributed by atoms with Gasteiger partial charge in [0.05, 0.1) is 15.2 Å². The van der Waals surface area contributed by atoms with Crippen LogP contribution in [0.1, 0.15) is 47.0 Å². The highest BCUT2D eigenvalue weighted by atomic mass is 32.1. The number of hydrazine groups is 1. The van der Waals surface area contributed by atoms with Gasteiger partial charge in [-0.05, 0) is 37.1 Å². The number of carbonyl (C=O) groups is 2. The molecule has 3 aromatic rings. The van der Waals surface area contributed by atoms with Gasteiger partial charge in [0, 0.05) is 17.4 Å². The number of nitrogens with zero attached hydrogens (tertiary/aromatic N) is 1. The van der Waals surface area contributed by atoms with E-state index >= 15 is 0 Å². The van der Waals surface area contributed by atoms with E-state index in [0.717, 1.165) is 40.9 Å². The van der Waals surface area contributed by atoms with Crippen LogP contribution < -0.4 is 10.9 Å². The molecule has 6 heteroatoms. The minimum atomic E-state index is -0.309. The standard InChI is InChI=1S/C21H21N3O2S/c25-19(14-8-2-1-3-9-14)23-24-20(26)15-10-4-5-11-16(15)21-22-17-12-6-7-13-18(17)27-21/h1-3,6-9,12-13,15-16H,4-5,10-11H2,(H,23,25)(H,24,26). The molecule has 2 N–H and O–H groups in total. The average molecular weight is 379 g/mol. The Hall–Kier alpha value is -2.73. The molecule has 5 nitrogen and oxygen atoms in total. The summed E-state index contributed by atoms with van der Waals surface area (Å²) in [5, 5.41) is 1.02. The number of carbonyl (C=O) groups excluding carboxylic acids is 2. The van der Waals surface area contributed by atoms with E-state index in [4.69, 9.17) is 4.98 Å². The van der Waals surface area contributed by atoms with Crippen molar-refractivity contribution in [3.8, 4) is 0 Å². The Kier molecular flexibility index (Phi) is 5.16. The quantitative estimate of drug-likeness (QED) is 0.675. The zero-order valence-electron chi connectivity index (χ0n) is 14.9. The molecule has 0 aliphatic heterocycles. The number of nitrogens with one attached hydrogen (secondary N) is 2. The molecule has 138 valence electrons. The fourth-order valence-corrected chi connectivity index (χ4v) is 4.83. The van der Waals surface area contributed by atoms with Crippen molar-refractivity contribution in [3.05, 3.63) is 65.2 Å². The lowest BCUT2D eigenvalue weighted by molar-refractivity contribution is -0.127. The molecular formula is C21H21N3O2S. The largest absolute Gasteiger partial charge is 0.273 e. The van der Waals surface area contributed by atoms with Crippen molar-refractivity contribution in [1.29, 1.82) is 0 Å². The number of thiazole rings is 1. The molecular weight excluding hydrogens is 358 g/mol. The van der Waals surface area contributed by atoms with Crippen molar-refractivity contribution >= 4 is 33.4 Å². The first-order valence-corrected chi connectivity index (χ1v) is 10.0. The van der Waals surface area contributed by atoms with Gasteiger partial charge in [-0.1, -0.05) is 43.2 Å². The zero-order valence-corrected chi connectivity index (χ0v) is 15.7. The van der Waals surface area contributed by atoms with Crippen LogP contribution in [0.25, 0.3) is 10.2 Å². The molecule has 2 atom stereocenters. The van der Waals surface area contributed by atoms with E-state index in [1.165, 1.54) is 0 Å². The molecule has 2 amide bonds. The fourth-order valence-electron chi connectivity index (χ4n) is 3.66. The summed E-state index contributed by atoms with van der Waals surface area (Å²) in [5.74, 6) is -0.514. The van der Waals surface area contributed by atoms with Gasteiger partial charge in [-0.3, -0.25) is 20.4 Å². The molecule has 1 heterocycles. The molecule has 1 aliphatic carbocycles. The molecule has 1 aliphatic rings. The summed E-state index contributed by atoms with van der Waals surface area (Å²) >= 11 is 1.67. The summed E-state index contributed by atoms with van der Waals surface area (Å²) in [5.41, 5.74) is 6.67. The number of hydrogen-bond acceptors (Lipinski definition) is 4. The second-order valence-corrected chi connectivity index (χ2v) is 7.89. The van der Waals surface area contributed by atoms with Crippen LogP contribution in [0.3, 0.4) is 0 Å². The Balaban J connectivity index is 1.47. The van der Waals surface area contributed by atoms with Crippen LogP contribution >= 0.6 is 11.3 Å². The number of fused-ring (bicyclic) bond motifs is 1. The highest BCUT2D eigenvalue weighted by Gasteiger charge is 2.34. The van der Waals surface area contributed by atoms with Crippen LogP contribution in [-0.4, -0.2) is 16.8 Å². The molecule has 1 fully saturated rings. The second-order valence-electron chi connectivity index (χ2n) is 6.83. The maximum atomic E-state index is 12.8. The van der Waals surface area contributed by atoms with Gasteiger partial charge in [0.1, 0.15) is 0 Å². The lowest BCUT2D eigenvalue weighted by Crippen LogP contribution is -2.46. The Labute approximate surface area is 161 Å². The van der Waals surface area contributed by atoms with E-state index < -0.39 is 0 Å². The molecule has 0 radical (unpaired) electrons. The van der Waals surface area contributed by atoms with Crippen molar-refractivity contribution in [2.45, 2.75) is 31.6 Å². The Morgan fingerprint density at radius 1 is 0.926 bits per heavy atom. The van der Waals surface area contributed by atoms with E-state index in [1.807, 2.05) is 24.3 Å². The zero-order chi connectivity index (χ0) is 18.6. The minimum absolute atomic E-state index is 0.102. The average Bonchev–Trinajstić information content (AvgIpc) is 3.16. The van der Waals surface area contributed by atoms with Gasteiger partial charge in [-0.25, -0.2) is 4.98 Å². The van der Waals surface area contributed by atoms with Gasteiger partial charge in [-0.2, -0.15) is 0 Å². The molecule has 2 unspecified atom stereocenters. The lowest BCUT2D eigenvalue weighted by Gasteiger charge is -2.29. The maximum Gasteiger partial charge on any atom is 0.269 e. The van der Waals surface area contributed by atoms with Gasteiger partial charge in [0.15, 0.2) is 0 Å². The fraction of sp³-hybridized carbons (Fsp3) is 0.286. The molecule has 1 saturated carbocycles. The van der Waals surface area contributed by atoms with E-state index in [-0.39, 0.29) is 23.7 Å². The third-order valence-electron chi connectivity index (χ3n) is 5.07. The van der Waals surface area contributed by atoms with Crippen molar-refractivity contribution in [2.75, 3.05) is 0 Å². The lowest BCUT2D eigenvalue weighted by atomic mass is 9.79. The topological polar surface area (TPSA) is 71.1 Å². The monoisotopic (exact) mass is 379 g/mol. The predicted octanol–water partition coefficient (Wildman–Crippen LogP) is 4.03. The molecule has 1 aromatic heterocycles. The maximum absolute atomic E-state index is 12.8. The van der Waals surface area contributed by atoms with Crippen LogP contribution in [0.15, 0.2) is 54.6 Å². The molecule has 27 heavy (non-hydrogen) atoms. The van der Waals surface area contributed by atoms with Gasteiger partial charge < -0.3 is 0 Å². The summed E-state index contributed by atoms with van der Waals surface area (Å²) in [6.07, 6.45) is 3.88. The Bertz CT molecular complexity index is 921. The van der Waals surface area contributed by atoms with Crippen LogP contribution in [-0.2, 0) is 4.79 Å². The van der Waals surface area contributed by atoms with Crippen LogP contribution in [0, 0.1) is 5.92 Å². The molecule has 4 rings (SSSR count). The van der Waals surface area contributed by atoms with Crippen molar-refractivity contribution in [3.63, 3.8) is 0 Å². The SMILES string of the molecule is O=C(NNC(=O)C1CCCCC1c1nc2ccccc2s1)c1ccccc1. The Morgan fingerprint density at radius 3 is 2.48 bits per heavy atom. The summed E-state index contributed by atoms with van der Waals surface area (Å²) in [7, 11) is 0. The van der Waals surface area contributed by atoms with E-state index in [0.29, 0.717) is 5.56 Å². The number of hydrogen-bond donors (Lipinski definition) is 2. The third-order valence-corrected chi connectivity index (χ3v) is 6.23. The number of amides is 2. The second kappa shape index (κ2) is 7.88. The van der Waals surface area contributed by atoms with Crippen molar-refractivity contribution < 1.29 is 9.59 Å². The first-order valence-electron chi connectivity index (χ1n) is 9.23. The number of para-hydroxylation sites is 1. The third kappa shape index (κ3) is 3.85. The van der Waals surface area contributed by atoms with Crippen molar-refractivity contribution in [2.24, 2.45) is 5.92 Å². The van der Waals surface area contributed by atoms with Gasteiger partial charge in [0.25, 0.3) is 5.91 Å². The number of aromatic nitrogens is 1. The summed E-state index contributed by atoms with van der Waals surface area (Å²) in [4.78, 5) is 29.7. The van der Waals surface area contributed by atoms with Crippen LogP contribution in [0.4, 0.5) is 0 Å². The smallest absolute Gasteiger partial charge is 0.269 e. The highest BCUT2D eigenvalue weighted by Crippen LogP contribution is 2.40. The normalized spacial score (nSPS) is 19.6. The summed E-state index contributed by atoms with van der Waals surface area (Å²) < 4.78 is 1.15. The highest BCUT2D eigenvalue weighted by molar-refractivity contribution is 7.18. The van der Waals surface area contributed by atoms with Gasteiger partial charge in [-0.15, -0.1) is 11.3 Å². The predicted molar refractivity (Wildman–Crippen MR) is 106 cm³/mol. The van der Waals surface area contributed by atoms with Crippen molar-refractivity contribution in [1.82, 2.24) is 15.8 Å². The molecule has 0 spiro atoms. The minimum Gasteiger partial charge on any atom is -0.273 e. The molecule has 2 aromatic carbocycles. The number of rotatable bonds is 3. The van der Waals surface area contributed by atoms with E-state index in [9.17, 15) is 9.59 Å². The van der Waals surface area contributed by atoms with E-state index in [2.05, 4.69) is 16.9 Å². The summed E-state index contributed by atoms with van der Waals surface area (Å²) in [6, 6.07) is 16.9. The molecule has 0 saturated heterocycles.